The second kappa shape index (κ2) is 6.11. The molecule has 0 fully saturated rings. The molecule has 20 heavy (non-hydrogen) atoms. The van der Waals surface area contributed by atoms with Crippen molar-refractivity contribution in [1.29, 1.82) is 0 Å². The number of rotatable bonds is 4. The van der Waals surface area contributed by atoms with E-state index in [2.05, 4.69) is 5.43 Å². The number of hydrogen-bond acceptors (Lipinski definition) is 2. The van der Waals surface area contributed by atoms with Crippen LogP contribution in [-0.4, -0.2) is 0 Å². The van der Waals surface area contributed by atoms with Crippen molar-refractivity contribution >= 4 is 0 Å². The molecule has 2 nitrogen and oxygen atoms in total. The summed E-state index contributed by atoms with van der Waals surface area (Å²) in [6.07, 6.45) is 0.767. The first-order chi connectivity index (χ1) is 9.60. The fourth-order valence-corrected chi connectivity index (χ4v) is 2.41. The summed E-state index contributed by atoms with van der Waals surface area (Å²) in [5.74, 6) is 4.41. The predicted octanol–water partition coefficient (Wildman–Crippen LogP) is 3.39. The molecule has 1 unspecified atom stereocenters. The Bertz CT molecular complexity index is 611. The third-order valence-electron chi connectivity index (χ3n) is 3.52. The van der Waals surface area contributed by atoms with Gasteiger partial charge in [0.2, 0.25) is 0 Å². The number of benzene rings is 2. The van der Waals surface area contributed by atoms with Crippen molar-refractivity contribution in [2.24, 2.45) is 5.84 Å². The fourth-order valence-electron chi connectivity index (χ4n) is 2.41. The Morgan fingerprint density at radius 2 is 1.85 bits per heavy atom. The van der Waals surface area contributed by atoms with Crippen molar-refractivity contribution in [2.75, 3.05) is 0 Å². The lowest BCUT2D eigenvalue weighted by atomic mass is 9.92. The molecule has 3 N–H and O–H groups in total. The van der Waals surface area contributed by atoms with Crippen molar-refractivity contribution in [1.82, 2.24) is 5.43 Å². The normalized spacial score (nSPS) is 12.4. The molecule has 0 saturated carbocycles. The van der Waals surface area contributed by atoms with E-state index in [1.807, 2.05) is 31.2 Å². The number of halogens is 2. The van der Waals surface area contributed by atoms with Crippen LogP contribution < -0.4 is 11.3 Å². The van der Waals surface area contributed by atoms with Crippen LogP contribution in [0.25, 0.3) is 0 Å². The largest absolute Gasteiger partial charge is 0.271 e. The molecule has 0 heterocycles. The number of hydrogen-bond donors (Lipinski definition) is 2. The highest BCUT2D eigenvalue weighted by Crippen LogP contribution is 2.30. The molecule has 0 bridgehead atoms. The van der Waals surface area contributed by atoms with Crippen LogP contribution in [0.4, 0.5) is 8.78 Å². The Kier molecular flexibility index (Phi) is 4.47. The average Bonchev–Trinajstić information content (AvgIpc) is 2.47. The molecule has 0 aliphatic carbocycles. The topological polar surface area (TPSA) is 38.0 Å². The van der Waals surface area contributed by atoms with E-state index < -0.39 is 17.7 Å². The molecule has 2 aromatic rings. The molecule has 0 spiro atoms. The van der Waals surface area contributed by atoms with Crippen LogP contribution in [0.1, 0.15) is 35.2 Å². The lowest BCUT2D eigenvalue weighted by molar-refractivity contribution is 0.505. The molecule has 0 amide bonds. The van der Waals surface area contributed by atoms with E-state index in [4.69, 9.17) is 5.84 Å². The molecule has 0 aromatic heterocycles. The number of hydrazine groups is 1. The van der Waals surface area contributed by atoms with Crippen molar-refractivity contribution in [3.8, 4) is 0 Å². The summed E-state index contributed by atoms with van der Waals surface area (Å²) in [6.45, 7) is 3.60. The lowest BCUT2D eigenvalue weighted by Gasteiger charge is -2.21. The minimum absolute atomic E-state index is 0.0339. The maximum atomic E-state index is 14.3. The van der Waals surface area contributed by atoms with E-state index in [0.29, 0.717) is 5.56 Å². The van der Waals surface area contributed by atoms with E-state index in [0.717, 1.165) is 17.5 Å². The lowest BCUT2D eigenvalue weighted by Crippen LogP contribution is -2.31. The van der Waals surface area contributed by atoms with Gasteiger partial charge in [-0.1, -0.05) is 37.3 Å². The van der Waals surface area contributed by atoms with E-state index in [1.54, 1.807) is 6.92 Å². The van der Waals surface area contributed by atoms with Gasteiger partial charge in [0.25, 0.3) is 0 Å². The zero-order valence-electron chi connectivity index (χ0n) is 11.6. The average molecular weight is 276 g/mol. The first-order valence-electron chi connectivity index (χ1n) is 6.58. The third-order valence-corrected chi connectivity index (χ3v) is 3.52. The Balaban J connectivity index is 2.62. The predicted molar refractivity (Wildman–Crippen MR) is 76.1 cm³/mol. The SMILES string of the molecule is CCc1ccccc1C(NN)c1c(F)ccc(C)c1F. The Labute approximate surface area is 117 Å². The molecule has 0 saturated heterocycles. The minimum atomic E-state index is -0.703. The van der Waals surface area contributed by atoms with E-state index in [-0.39, 0.29) is 5.56 Å². The number of nitrogens with two attached hydrogens (primary N) is 1. The van der Waals surface area contributed by atoms with Gasteiger partial charge in [0, 0.05) is 5.56 Å². The smallest absolute Gasteiger partial charge is 0.134 e. The highest BCUT2D eigenvalue weighted by atomic mass is 19.1. The quantitative estimate of drug-likeness (QED) is 0.663. The van der Waals surface area contributed by atoms with Crippen molar-refractivity contribution in [2.45, 2.75) is 26.3 Å². The maximum Gasteiger partial charge on any atom is 0.134 e. The molecule has 2 aromatic carbocycles. The number of nitrogens with one attached hydrogen (secondary N) is 1. The van der Waals surface area contributed by atoms with Gasteiger partial charge in [-0.05, 0) is 36.1 Å². The second-order valence-corrected chi connectivity index (χ2v) is 4.74. The second-order valence-electron chi connectivity index (χ2n) is 4.74. The maximum absolute atomic E-state index is 14.3. The van der Waals surface area contributed by atoms with E-state index in [1.165, 1.54) is 12.1 Å². The van der Waals surface area contributed by atoms with Gasteiger partial charge in [-0.3, -0.25) is 5.84 Å². The highest BCUT2D eigenvalue weighted by Gasteiger charge is 2.23. The van der Waals surface area contributed by atoms with Crippen LogP contribution in [-0.2, 0) is 6.42 Å². The molecular formula is C16H18F2N2. The molecule has 106 valence electrons. The van der Waals surface area contributed by atoms with Gasteiger partial charge in [0.05, 0.1) is 6.04 Å². The van der Waals surface area contributed by atoms with Crippen molar-refractivity contribution in [3.63, 3.8) is 0 Å². The number of aryl methyl sites for hydroxylation is 2. The highest BCUT2D eigenvalue weighted by molar-refractivity contribution is 5.40. The summed E-state index contributed by atoms with van der Waals surface area (Å²) < 4.78 is 28.3. The molecule has 2 rings (SSSR count). The fraction of sp³-hybridized carbons (Fsp3) is 0.250. The van der Waals surface area contributed by atoms with Gasteiger partial charge < -0.3 is 0 Å². The summed E-state index contributed by atoms with van der Waals surface area (Å²) in [5.41, 5.74) is 4.71. The zero-order valence-corrected chi connectivity index (χ0v) is 11.6. The molecular weight excluding hydrogens is 258 g/mol. The van der Waals surface area contributed by atoms with Gasteiger partial charge in [-0.15, -0.1) is 0 Å². The molecule has 4 heteroatoms. The Morgan fingerprint density at radius 3 is 2.50 bits per heavy atom. The van der Waals surface area contributed by atoms with Gasteiger partial charge in [-0.2, -0.15) is 0 Å². The van der Waals surface area contributed by atoms with Gasteiger partial charge in [0.15, 0.2) is 0 Å². The van der Waals surface area contributed by atoms with Crippen molar-refractivity contribution in [3.05, 3.63) is 70.3 Å². The Hall–Kier alpha value is -1.78. The minimum Gasteiger partial charge on any atom is -0.271 e. The van der Waals surface area contributed by atoms with Crippen LogP contribution in [0.5, 0.6) is 0 Å². The first kappa shape index (κ1) is 14.6. The molecule has 0 aliphatic heterocycles. The van der Waals surface area contributed by atoms with Gasteiger partial charge in [-0.25, -0.2) is 14.2 Å². The van der Waals surface area contributed by atoms with Crippen LogP contribution in [0.3, 0.4) is 0 Å². The summed E-state index contributed by atoms with van der Waals surface area (Å²) in [4.78, 5) is 0. The Morgan fingerprint density at radius 1 is 1.15 bits per heavy atom. The summed E-state index contributed by atoms with van der Waals surface area (Å²) in [5, 5.41) is 0. The summed E-state index contributed by atoms with van der Waals surface area (Å²) in [6, 6.07) is 9.50. The van der Waals surface area contributed by atoms with Crippen LogP contribution in [0.15, 0.2) is 36.4 Å². The molecule has 0 radical (unpaired) electrons. The molecule has 1 atom stereocenters. The van der Waals surface area contributed by atoms with Crippen molar-refractivity contribution < 1.29 is 8.78 Å². The standard InChI is InChI=1S/C16H18F2N2/c1-3-11-6-4-5-7-12(11)16(20-19)14-13(17)9-8-10(2)15(14)18/h4-9,16,20H,3,19H2,1-2H3. The van der Waals surface area contributed by atoms with Gasteiger partial charge in [0.1, 0.15) is 11.6 Å². The van der Waals surface area contributed by atoms with Gasteiger partial charge >= 0.3 is 0 Å². The van der Waals surface area contributed by atoms with E-state index in [9.17, 15) is 8.78 Å². The third kappa shape index (κ3) is 2.57. The van der Waals surface area contributed by atoms with Crippen LogP contribution in [0, 0.1) is 18.6 Å². The van der Waals surface area contributed by atoms with E-state index >= 15 is 0 Å². The zero-order chi connectivity index (χ0) is 14.7. The monoisotopic (exact) mass is 276 g/mol. The first-order valence-corrected chi connectivity index (χ1v) is 6.58. The summed E-state index contributed by atoms with van der Waals surface area (Å²) in [7, 11) is 0. The summed E-state index contributed by atoms with van der Waals surface area (Å²) >= 11 is 0. The van der Waals surface area contributed by atoms with Crippen LogP contribution >= 0.6 is 0 Å². The molecule has 0 aliphatic rings. The van der Waals surface area contributed by atoms with Crippen LogP contribution in [0.2, 0.25) is 0 Å².